The number of ketones is 1. The van der Waals surface area contributed by atoms with Gasteiger partial charge in [0, 0.05) is 58.7 Å². The third kappa shape index (κ3) is 84.5. The Morgan fingerprint density at radius 1 is 0.593 bits per heavy atom. The summed E-state index contributed by atoms with van der Waals surface area (Å²) in [5.74, 6) is -1.56. The molecule has 0 aromatic carbocycles. The Morgan fingerprint density at radius 3 is 1.24 bits per heavy atom. The molecule has 2 aliphatic heterocycles. The van der Waals surface area contributed by atoms with E-state index < -0.39 is 71.0 Å². The minimum atomic E-state index is -1.12. The van der Waals surface area contributed by atoms with Gasteiger partial charge in [0.1, 0.15) is 12.2 Å². The standard InChI is InChI=1S/C19H32O6S2.C11H19ClO4.C8H14O2S2.C8H16O2.C6H10O3.C3H7Br.C3H4Cl2O2.CH2O3.2K.H/c1-4-8-15(9-5-2)18(21)25-19(22)24-14(3)23-17(20)11-7-6-10-16-12-13-26-27-16;1-4-6-9(7-5-2)10(13)16-11(14)15-8(3)12;9-8(10)4-2-1-3-7-5-6-11-12-7;1-3-5-7(6-4-2)8(9)10;1-3-9-6(8)4-5(2)7;1-2-3-4;1-2(4)7-3(5)6;2-1-4-3;;;/h14-16H,4-13H2,1-3H3;8-9H,4-7H2,1-3H3;7H,1-6H2,(H,9,10);7H,3-6H2,1-2H3,(H,9,10);3-4H2,1-2H3;2-3H2,1H3;2H,1H3;1,3H;;;/q;;;;;;;;2*+1;-1/p-1/t14?,16-;;7-;;;;;;;;/m0.0......../s1. The van der Waals surface area contributed by atoms with Crippen molar-refractivity contribution in [3.8, 4) is 0 Å². The van der Waals surface area contributed by atoms with E-state index in [9.17, 15) is 47.9 Å². The molecule has 0 aromatic heterocycles. The molecule has 91 heavy (non-hydrogen) atoms. The van der Waals surface area contributed by atoms with Crippen LogP contribution < -0.4 is 108 Å². The number of unbranched alkanes of at least 4 members (excludes halogenated alkanes) is 2. The Hall–Kier alpha value is 0.353. The normalized spacial score (nSPS) is 13.9. The van der Waals surface area contributed by atoms with Crippen molar-refractivity contribution in [2.45, 2.75) is 265 Å². The first-order chi connectivity index (χ1) is 42.1. The average molecular weight is 1560 g/mol. The maximum atomic E-state index is 12.0. The number of ether oxygens (including phenoxy) is 7. The molecule has 2 saturated heterocycles. The monoisotopic (exact) mass is 1550 g/mol. The second kappa shape index (κ2) is 79.3. The molecule has 526 valence electrons. The molecule has 0 spiro atoms. The number of hydrogen-bond acceptors (Lipinski definition) is 24. The number of carboxylic acid groups (broad SMARTS) is 2. The molecule has 0 radical (unpaired) electrons. The molecule has 2 heterocycles. The molecule has 32 heteroatoms. The van der Waals surface area contributed by atoms with Crippen LogP contribution in [0.15, 0.2) is 0 Å². The van der Waals surface area contributed by atoms with E-state index in [-0.39, 0.29) is 141 Å². The smallest absolute Gasteiger partial charge is 1.00 e. The van der Waals surface area contributed by atoms with Crippen LogP contribution in [0.3, 0.4) is 0 Å². The zero-order valence-electron chi connectivity index (χ0n) is 57.2. The maximum absolute atomic E-state index is 12.0. The number of carbonyl (C=O) groups is 11. The van der Waals surface area contributed by atoms with Crippen molar-refractivity contribution in [3.63, 3.8) is 0 Å². The van der Waals surface area contributed by atoms with Crippen LogP contribution in [-0.4, -0.2) is 127 Å². The summed E-state index contributed by atoms with van der Waals surface area (Å²) in [7, 11) is 7.76. The number of hydrogen-bond donors (Lipinski definition) is 2. The summed E-state index contributed by atoms with van der Waals surface area (Å²) < 4.78 is 32.3. The fourth-order valence-electron chi connectivity index (χ4n) is 7.12. The van der Waals surface area contributed by atoms with Gasteiger partial charge in [-0.05, 0) is 111 Å². The summed E-state index contributed by atoms with van der Waals surface area (Å²) in [5.41, 5.74) is -2.30. The van der Waals surface area contributed by atoms with Gasteiger partial charge in [-0.2, -0.15) is 0 Å². The molecule has 2 fully saturated rings. The Balaban J connectivity index is -0.000000131. The Morgan fingerprint density at radius 2 is 0.967 bits per heavy atom. The Kier molecular flexibility index (Phi) is 93.6. The van der Waals surface area contributed by atoms with Crippen LogP contribution in [0.25, 0.3) is 0 Å². The quantitative estimate of drug-likeness (QED) is 0.00491. The summed E-state index contributed by atoms with van der Waals surface area (Å²) in [6, 6.07) is 0. The minimum absolute atomic E-state index is 0. The van der Waals surface area contributed by atoms with E-state index in [1.54, 1.807) is 6.92 Å². The van der Waals surface area contributed by atoms with Crippen molar-refractivity contribution >= 4 is 160 Å². The van der Waals surface area contributed by atoms with E-state index in [1.807, 2.05) is 84.7 Å². The minimum Gasteiger partial charge on any atom is -1.00 e. The van der Waals surface area contributed by atoms with Gasteiger partial charge in [0.15, 0.2) is 11.1 Å². The van der Waals surface area contributed by atoms with Gasteiger partial charge in [-0.1, -0.05) is 182 Å². The molecular formula is C59H104BrCl3K2O22S4. The first-order valence-corrected chi connectivity index (χ1v) is 37.4. The van der Waals surface area contributed by atoms with E-state index in [1.165, 1.54) is 64.9 Å². The molecular weight excluding hydrogens is 1450 g/mol. The fraction of sp³-hybridized carbons (Fsp3) is 0.814. The van der Waals surface area contributed by atoms with Gasteiger partial charge in [-0.25, -0.2) is 14.4 Å². The number of rotatable bonds is 34. The largest absolute Gasteiger partial charge is 1.00 e. The Labute approximate surface area is 667 Å². The molecule has 22 nitrogen and oxygen atoms in total. The molecule has 0 bridgehead atoms. The zero-order chi connectivity index (χ0) is 69.4. The second-order valence-corrected chi connectivity index (χ2v) is 27.3. The first kappa shape index (κ1) is 107. The third-order valence-electron chi connectivity index (χ3n) is 11.0. The van der Waals surface area contributed by atoms with Crippen LogP contribution in [0.4, 0.5) is 14.4 Å². The number of halogens is 4. The molecule has 2 N–H and O–H groups in total. The van der Waals surface area contributed by atoms with E-state index in [0.29, 0.717) is 37.5 Å². The summed E-state index contributed by atoms with van der Waals surface area (Å²) in [6.45, 7) is 21.7. The average Bonchev–Trinajstić information content (AvgIpc) is 3.55. The second-order valence-electron chi connectivity index (χ2n) is 19.3. The number of esters is 4. The summed E-state index contributed by atoms with van der Waals surface area (Å²) in [6.07, 6.45) is 16.8. The maximum Gasteiger partial charge on any atom is 1.00 e. The van der Waals surface area contributed by atoms with Crippen LogP contribution >= 0.6 is 93.9 Å². The van der Waals surface area contributed by atoms with E-state index in [2.05, 4.69) is 46.7 Å². The van der Waals surface area contributed by atoms with Crippen LogP contribution in [0.2, 0.25) is 0 Å². The van der Waals surface area contributed by atoms with Crippen molar-refractivity contribution in [2.75, 3.05) is 23.4 Å². The fourth-order valence-corrected chi connectivity index (χ4v) is 13.5. The van der Waals surface area contributed by atoms with Gasteiger partial charge in [-0.15, -0.1) is 0 Å². The molecule has 0 aromatic rings. The van der Waals surface area contributed by atoms with Gasteiger partial charge in [-0.3, -0.25) is 38.4 Å². The summed E-state index contributed by atoms with van der Waals surface area (Å²) >= 11 is 18.5. The van der Waals surface area contributed by atoms with Crippen LogP contribution in [0, 0.1) is 17.8 Å². The Bertz CT molecular complexity index is 1840. The number of aliphatic carboxylic acids is 2. The van der Waals surface area contributed by atoms with Gasteiger partial charge in [0.05, 0.1) is 24.4 Å². The molecule has 2 aliphatic rings. The van der Waals surface area contributed by atoms with Crippen molar-refractivity contribution in [1.82, 2.24) is 0 Å². The first-order valence-electron chi connectivity index (χ1n) is 30.2. The zero-order valence-corrected chi connectivity index (χ0v) is 69.6. The van der Waals surface area contributed by atoms with Crippen molar-refractivity contribution in [1.29, 1.82) is 0 Å². The third-order valence-corrected chi connectivity index (χ3v) is 18.1. The van der Waals surface area contributed by atoms with Gasteiger partial charge >= 0.3 is 156 Å². The van der Waals surface area contributed by atoms with Crippen molar-refractivity contribution < 1.29 is 210 Å². The van der Waals surface area contributed by atoms with Crippen LogP contribution in [0.1, 0.15) is 239 Å². The van der Waals surface area contributed by atoms with E-state index in [0.717, 1.165) is 107 Å². The molecule has 0 amide bonds. The van der Waals surface area contributed by atoms with Gasteiger partial charge in [0.2, 0.25) is 6.29 Å². The number of carboxylic acids is 2. The van der Waals surface area contributed by atoms with Crippen LogP contribution in [-0.2, 0) is 76.4 Å². The van der Waals surface area contributed by atoms with E-state index in [4.69, 9.17) is 69.3 Å². The summed E-state index contributed by atoms with van der Waals surface area (Å²) in [5, 5.41) is 28.1. The SMILES string of the molecule is CC(Cl)OC(=O)Cl.CCCBr.CCCC(CCC)C(=O)O.CCCC(CCC)C(=O)OC(=O)OC(C)Cl.CCCC(CCC)C(=O)OC(=O)OC(C)OC(=O)CCCC[C@H]1CCSS1.CCOC(=O)CC(C)=O.O=C(O)CCCC[C@H]1CCSS1.O=CO[O-].[H-].[K+].[K+]. The van der Waals surface area contributed by atoms with Crippen molar-refractivity contribution in [3.05, 3.63) is 0 Å². The molecule has 0 aliphatic carbocycles. The predicted octanol–water partition coefficient (Wildman–Crippen LogP) is 10.8. The van der Waals surface area contributed by atoms with Crippen LogP contribution in [0.5, 0.6) is 0 Å². The molecule has 3 unspecified atom stereocenters. The van der Waals surface area contributed by atoms with E-state index >= 15 is 0 Å². The predicted molar refractivity (Wildman–Crippen MR) is 357 cm³/mol. The molecule has 2 rings (SSSR count). The number of alkyl halides is 3. The van der Waals surface area contributed by atoms with Crippen molar-refractivity contribution in [2.24, 2.45) is 17.8 Å². The number of Topliss-reactive ketones (excluding diaryl/α,β-unsaturated/α-hetero) is 1. The van der Waals surface area contributed by atoms with Gasteiger partial charge in [0.25, 0.3) is 6.47 Å². The van der Waals surface area contributed by atoms with Gasteiger partial charge < -0.3 is 54.9 Å². The molecule has 0 saturated carbocycles. The summed E-state index contributed by atoms with van der Waals surface area (Å²) in [4.78, 5) is 120. The molecule has 5 atom stereocenters. The topological polar surface area (TPSA) is 325 Å². The number of carbonyl (C=O) groups excluding carboxylic acids is 9.